The summed E-state index contributed by atoms with van der Waals surface area (Å²) in [5.41, 5.74) is 1.26. The Morgan fingerprint density at radius 3 is 2.56 bits per heavy atom. The van der Waals surface area contributed by atoms with Gasteiger partial charge in [0.05, 0.1) is 5.56 Å². The van der Waals surface area contributed by atoms with Crippen molar-refractivity contribution < 1.29 is 14.3 Å². The van der Waals surface area contributed by atoms with Crippen LogP contribution in [-0.4, -0.2) is 62.6 Å². The van der Waals surface area contributed by atoms with Crippen molar-refractivity contribution in [3.8, 4) is 5.75 Å². The zero-order valence-corrected chi connectivity index (χ0v) is 14.7. The van der Waals surface area contributed by atoms with Gasteiger partial charge >= 0.3 is 6.09 Å². The number of hydrogen-bond acceptors (Lipinski definition) is 5. The number of benzene rings is 1. The molecule has 1 saturated heterocycles. The van der Waals surface area contributed by atoms with Gasteiger partial charge in [-0.05, 0) is 30.7 Å². The van der Waals surface area contributed by atoms with E-state index >= 15 is 0 Å². The first-order valence-corrected chi connectivity index (χ1v) is 8.81. The summed E-state index contributed by atoms with van der Waals surface area (Å²) in [6, 6.07) is 12.5. The highest BCUT2D eigenvalue weighted by molar-refractivity contribution is 5.94. The van der Waals surface area contributed by atoms with Crippen LogP contribution in [0.5, 0.6) is 5.75 Å². The van der Waals surface area contributed by atoms with Gasteiger partial charge in [-0.25, -0.2) is 4.79 Å². The Morgan fingerprint density at radius 2 is 1.70 bits per heavy atom. The second kappa shape index (κ2) is 7.45. The van der Waals surface area contributed by atoms with Gasteiger partial charge in [-0.2, -0.15) is 0 Å². The van der Waals surface area contributed by atoms with Crippen LogP contribution in [-0.2, 0) is 0 Å². The molecule has 8 nitrogen and oxygen atoms in total. The Labute approximate surface area is 156 Å². The Balaban J connectivity index is 1.40. The van der Waals surface area contributed by atoms with Gasteiger partial charge in [-0.15, -0.1) is 10.2 Å². The number of para-hydroxylation sites is 1. The van der Waals surface area contributed by atoms with E-state index in [1.165, 1.54) is 0 Å². The van der Waals surface area contributed by atoms with E-state index < -0.39 is 0 Å². The van der Waals surface area contributed by atoms with E-state index in [4.69, 9.17) is 4.74 Å². The van der Waals surface area contributed by atoms with E-state index in [0.29, 0.717) is 49.6 Å². The average molecular weight is 365 g/mol. The summed E-state index contributed by atoms with van der Waals surface area (Å²) in [6.07, 6.45) is 3.60. The first-order valence-electron chi connectivity index (χ1n) is 8.81. The lowest BCUT2D eigenvalue weighted by atomic mass is 10.2. The molecule has 4 rings (SSSR count). The molecule has 0 atom stereocenters. The van der Waals surface area contributed by atoms with Crippen molar-refractivity contribution in [2.45, 2.75) is 6.42 Å². The number of hydrogen-bond donors (Lipinski definition) is 0. The third-order valence-corrected chi connectivity index (χ3v) is 4.53. The summed E-state index contributed by atoms with van der Waals surface area (Å²) < 4.78 is 7.11. The number of carbonyl (C=O) groups excluding carboxylic acids is 2. The van der Waals surface area contributed by atoms with Crippen molar-refractivity contribution in [1.82, 2.24) is 24.4 Å². The van der Waals surface area contributed by atoms with Crippen LogP contribution in [0.2, 0.25) is 0 Å². The van der Waals surface area contributed by atoms with Crippen molar-refractivity contribution >= 4 is 17.6 Å². The monoisotopic (exact) mass is 365 g/mol. The molecule has 2 amide bonds. The lowest BCUT2D eigenvalue weighted by molar-refractivity contribution is 0.0759. The van der Waals surface area contributed by atoms with E-state index in [2.05, 4.69) is 10.2 Å². The molecule has 8 heteroatoms. The van der Waals surface area contributed by atoms with Crippen LogP contribution in [0.4, 0.5) is 4.79 Å². The molecule has 0 unspecified atom stereocenters. The van der Waals surface area contributed by atoms with Crippen LogP contribution in [0.15, 0.2) is 55.0 Å². The zero-order chi connectivity index (χ0) is 18.6. The Kier molecular flexibility index (Phi) is 4.69. The minimum absolute atomic E-state index is 0.0659. The molecule has 3 heterocycles. The molecule has 0 spiro atoms. The average Bonchev–Trinajstić information content (AvgIpc) is 3.02. The summed E-state index contributed by atoms with van der Waals surface area (Å²) >= 11 is 0. The molecule has 1 fully saturated rings. The van der Waals surface area contributed by atoms with Gasteiger partial charge in [0.1, 0.15) is 12.1 Å². The summed E-state index contributed by atoms with van der Waals surface area (Å²) in [6.45, 7) is 2.04. The lowest BCUT2D eigenvalue weighted by Gasteiger charge is -2.22. The Bertz CT molecular complexity index is 956. The number of amides is 2. The molecule has 0 aliphatic carbocycles. The van der Waals surface area contributed by atoms with E-state index in [0.717, 1.165) is 0 Å². The van der Waals surface area contributed by atoms with Crippen LogP contribution < -0.4 is 4.74 Å². The van der Waals surface area contributed by atoms with Gasteiger partial charge in [-0.3, -0.25) is 9.20 Å². The standard InChI is InChI=1S/C19H19N5O3/c25-18(15-7-8-17-21-20-14-24(17)13-15)22-9-4-10-23(12-11-22)19(26)27-16-5-2-1-3-6-16/h1-3,5-8,13-14H,4,9-12H2. The molecule has 1 aromatic carbocycles. The van der Waals surface area contributed by atoms with E-state index in [-0.39, 0.29) is 12.0 Å². The molecule has 0 radical (unpaired) electrons. The van der Waals surface area contributed by atoms with Crippen molar-refractivity contribution in [3.63, 3.8) is 0 Å². The smallest absolute Gasteiger partial charge is 0.410 e. The fraction of sp³-hybridized carbons (Fsp3) is 0.263. The lowest BCUT2D eigenvalue weighted by Crippen LogP contribution is -2.38. The number of rotatable bonds is 2. The van der Waals surface area contributed by atoms with Crippen LogP contribution in [0, 0.1) is 0 Å². The Morgan fingerprint density at radius 1 is 0.926 bits per heavy atom. The molecular formula is C19H19N5O3. The molecular weight excluding hydrogens is 346 g/mol. The van der Waals surface area contributed by atoms with Gasteiger partial charge in [0, 0.05) is 32.4 Å². The van der Waals surface area contributed by atoms with Crippen LogP contribution in [0.1, 0.15) is 16.8 Å². The second-order valence-electron chi connectivity index (χ2n) is 6.33. The van der Waals surface area contributed by atoms with Gasteiger partial charge in [-0.1, -0.05) is 18.2 Å². The van der Waals surface area contributed by atoms with Crippen molar-refractivity contribution in [2.75, 3.05) is 26.2 Å². The quantitative estimate of drug-likeness (QED) is 0.695. The molecule has 3 aromatic rings. The highest BCUT2D eigenvalue weighted by Crippen LogP contribution is 2.14. The van der Waals surface area contributed by atoms with Crippen LogP contribution in [0.25, 0.3) is 5.65 Å². The molecule has 2 aromatic heterocycles. The van der Waals surface area contributed by atoms with Crippen LogP contribution in [0.3, 0.4) is 0 Å². The largest absolute Gasteiger partial charge is 0.415 e. The summed E-state index contributed by atoms with van der Waals surface area (Å²) in [4.78, 5) is 28.6. The molecule has 0 saturated carbocycles. The first kappa shape index (κ1) is 17.0. The summed E-state index contributed by atoms with van der Waals surface area (Å²) in [5.74, 6) is 0.450. The molecule has 1 aliphatic heterocycles. The van der Waals surface area contributed by atoms with E-state index in [9.17, 15) is 9.59 Å². The number of nitrogens with zero attached hydrogens (tertiary/aromatic N) is 5. The predicted octanol–water partition coefficient (Wildman–Crippen LogP) is 2.08. The highest BCUT2D eigenvalue weighted by Gasteiger charge is 2.24. The topological polar surface area (TPSA) is 80.0 Å². The molecule has 138 valence electrons. The summed E-state index contributed by atoms with van der Waals surface area (Å²) in [7, 11) is 0. The van der Waals surface area contributed by atoms with Crippen molar-refractivity contribution in [2.24, 2.45) is 0 Å². The molecule has 27 heavy (non-hydrogen) atoms. The van der Waals surface area contributed by atoms with Gasteiger partial charge < -0.3 is 14.5 Å². The first-order chi connectivity index (χ1) is 13.2. The fourth-order valence-corrected chi connectivity index (χ4v) is 3.09. The maximum Gasteiger partial charge on any atom is 0.415 e. The van der Waals surface area contributed by atoms with Gasteiger partial charge in [0.15, 0.2) is 5.65 Å². The number of pyridine rings is 1. The minimum Gasteiger partial charge on any atom is -0.410 e. The van der Waals surface area contributed by atoms with E-state index in [1.807, 2.05) is 18.2 Å². The third kappa shape index (κ3) is 3.74. The van der Waals surface area contributed by atoms with E-state index in [1.54, 1.807) is 51.0 Å². The Hall–Kier alpha value is -3.42. The number of fused-ring (bicyclic) bond motifs is 1. The zero-order valence-electron chi connectivity index (χ0n) is 14.7. The molecule has 0 bridgehead atoms. The molecule has 1 aliphatic rings. The van der Waals surface area contributed by atoms with Gasteiger partial charge in [0.2, 0.25) is 0 Å². The SMILES string of the molecule is O=C(Oc1ccccc1)N1CCCN(C(=O)c2ccc3nncn3c2)CC1. The maximum absolute atomic E-state index is 12.8. The predicted molar refractivity (Wildman–Crippen MR) is 97.5 cm³/mol. The second-order valence-corrected chi connectivity index (χ2v) is 6.33. The maximum atomic E-state index is 12.8. The van der Waals surface area contributed by atoms with Crippen LogP contribution >= 0.6 is 0 Å². The number of ether oxygens (including phenoxy) is 1. The number of carbonyl (C=O) groups is 2. The number of aromatic nitrogens is 3. The summed E-state index contributed by atoms with van der Waals surface area (Å²) in [5, 5.41) is 7.76. The van der Waals surface area contributed by atoms with Crippen molar-refractivity contribution in [1.29, 1.82) is 0 Å². The highest BCUT2D eigenvalue weighted by atomic mass is 16.6. The third-order valence-electron chi connectivity index (χ3n) is 4.53. The minimum atomic E-state index is -0.388. The van der Waals surface area contributed by atoms with Gasteiger partial charge in [0.25, 0.3) is 5.91 Å². The molecule has 0 N–H and O–H groups in total. The normalized spacial score (nSPS) is 14.8. The fourth-order valence-electron chi connectivity index (χ4n) is 3.09. The van der Waals surface area contributed by atoms with Crippen molar-refractivity contribution in [3.05, 3.63) is 60.6 Å².